The summed E-state index contributed by atoms with van der Waals surface area (Å²) in [5.41, 5.74) is 0. The minimum Gasteiger partial charge on any atom is -0.462 e. The number of rotatable bonds is 42. The number of hydrogen-bond acceptors (Lipinski definition) is 6. The van der Waals surface area contributed by atoms with Crippen LogP contribution in [0.25, 0.3) is 0 Å². The maximum atomic E-state index is 12.6. The monoisotopic (exact) mass is 751 g/mol. The number of hydrogen-bond donors (Lipinski definition) is 0. The molecule has 0 rings (SSSR count). The van der Waals surface area contributed by atoms with Gasteiger partial charge in [-0.3, -0.25) is 14.4 Å². The molecule has 0 unspecified atom stereocenters. The summed E-state index contributed by atoms with van der Waals surface area (Å²) in [5, 5.41) is 0. The first kappa shape index (κ1) is 51.4. The fraction of sp³-hybridized carbons (Fsp3) is 0.936. The summed E-state index contributed by atoms with van der Waals surface area (Å²) < 4.78 is 16.6. The molecule has 0 bridgehead atoms. The maximum Gasteiger partial charge on any atom is 0.306 e. The Kier molecular flexibility index (Phi) is 40.3. The zero-order chi connectivity index (χ0) is 38.9. The van der Waals surface area contributed by atoms with Crippen molar-refractivity contribution in [2.24, 2.45) is 5.92 Å². The Hall–Kier alpha value is -1.59. The minimum atomic E-state index is -0.758. The molecule has 0 aromatic rings. The van der Waals surface area contributed by atoms with Crippen LogP contribution in [0.2, 0.25) is 0 Å². The number of ether oxygens (including phenoxy) is 3. The summed E-state index contributed by atoms with van der Waals surface area (Å²) in [6.45, 7) is 8.90. The van der Waals surface area contributed by atoms with Gasteiger partial charge < -0.3 is 14.2 Å². The predicted molar refractivity (Wildman–Crippen MR) is 224 cm³/mol. The summed E-state index contributed by atoms with van der Waals surface area (Å²) in [6.07, 6.45) is 41.2. The third-order valence-electron chi connectivity index (χ3n) is 10.5. The van der Waals surface area contributed by atoms with Crippen molar-refractivity contribution in [3.8, 4) is 0 Å². The highest BCUT2D eigenvalue weighted by Crippen LogP contribution is 2.16. The van der Waals surface area contributed by atoms with Crippen LogP contribution in [0, 0.1) is 5.92 Å². The van der Waals surface area contributed by atoms with Gasteiger partial charge in [0.15, 0.2) is 6.10 Å². The quantitative estimate of drug-likeness (QED) is 0.0351. The maximum absolute atomic E-state index is 12.6. The summed E-state index contributed by atoms with van der Waals surface area (Å²) in [7, 11) is 0. The van der Waals surface area contributed by atoms with Crippen LogP contribution < -0.4 is 0 Å². The van der Waals surface area contributed by atoms with Gasteiger partial charge in [-0.05, 0) is 25.2 Å². The molecular weight excluding hydrogens is 661 g/mol. The smallest absolute Gasteiger partial charge is 0.306 e. The molecule has 0 saturated heterocycles. The van der Waals surface area contributed by atoms with Crippen LogP contribution >= 0.6 is 0 Å². The Balaban J connectivity index is 4.12. The van der Waals surface area contributed by atoms with Crippen molar-refractivity contribution in [1.82, 2.24) is 0 Å². The second-order valence-electron chi connectivity index (χ2n) is 16.5. The average Bonchev–Trinajstić information content (AvgIpc) is 3.14. The first-order valence-electron chi connectivity index (χ1n) is 23.4. The van der Waals surface area contributed by atoms with Crippen molar-refractivity contribution in [2.45, 2.75) is 265 Å². The van der Waals surface area contributed by atoms with Crippen LogP contribution in [0.5, 0.6) is 0 Å². The van der Waals surface area contributed by atoms with Gasteiger partial charge in [0, 0.05) is 19.3 Å². The van der Waals surface area contributed by atoms with Crippen LogP contribution in [0.15, 0.2) is 0 Å². The van der Waals surface area contributed by atoms with Gasteiger partial charge in [-0.1, -0.05) is 220 Å². The molecule has 0 aromatic heterocycles. The van der Waals surface area contributed by atoms with Crippen LogP contribution in [-0.2, 0) is 28.6 Å². The van der Waals surface area contributed by atoms with E-state index >= 15 is 0 Å². The fourth-order valence-electron chi connectivity index (χ4n) is 6.98. The summed E-state index contributed by atoms with van der Waals surface area (Å²) in [5.74, 6) is -0.0621. The van der Waals surface area contributed by atoms with Gasteiger partial charge in [-0.15, -0.1) is 0 Å². The molecule has 0 aromatic carbocycles. The van der Waals surface area contributed by atoms with E-state index in [-0.39, 0.29) is 31.1 Å². The van der Waals surface area contributed by atoms with E-state index in [1.165, 1.54) is 148 Å². The highest BCUT2D eigenvalue weighted by molar-refractivity contribution is 5.71. The van der Waals surface area contributed by atoms with Crippen molar-refractivity contribution in [2.75, 3.05) is 13.2 Å². The van der Waals surface area contributed by atoms with E-state index in [1.807, 2.05) is 0 Å². The van der Waals surface area contributed by atoms with Crippen LogP contribution in [0.3, 0.4) is 0 Å². The van der Waals surface area contributed by atoms with Crippen molar-refractivity contribution in [3.05, 3.63) is 0 Å². The lowest BCUT2D eigenvalue weighted by Gasteiger charge is -2.18. The van der Waals surface area contributed by atoms with Gasteiger partial charge in [0.2, 0.25) is 0 Å². The second kappa shape index (κ2) is 41.6. The van der Waals surface area contributed by atoms with Crippen LogP contribution in [-0.4, -0.2) is 37.2 Å². The first-order chi connectivity index (χ1) is 25.9. The Morgan fingerprint density at radius 3 is 0.925 bits per heavy atom. The Morgan fingerprint density at radius 2 is 0.623 bits per heavy atom. The molecule has 0 aliphatic heterocycles. The summed E-state index contributed by atoms with van der Waals surface area (Å²) >= 11 is 0. The third-order valence-corrected chi connectivity index (χ3v) is 10.5. The molecule has 0 radical (unpaired) electrons. The zero-order valence-corrected chi connectivity index (χ0v) is 36.0. The predicted octanol–water partition coefficient (Wildman–Crippen LogP) is 14.7. The van der Waals surface area contributed by atoms with E-state index in [9.17, 15) is 14.4 Å². The normalized spacial score (nSPS) is 11.9. The SMILES string of the molecule is CCCCCCCCCCCCCCCCCCCCC(=O)OC[C@@H](COC(=O)CCCCCCC)OC(=O)CCCCCCCCCCCC(C)C. The molecule has 0 amide bonds. The number of unbranched alkanes of at least 4 members (excludes halogenated alkanes) is 29. The van der Waals surface area contributed by atoms with Gasteiger partial charge in [0.05, 0.1) is 0 Å². The molecule has 0 aliphatic rings. The Bertz CT molecular complexity index is 796. The molecule has 53 heavy (non-hydrogen) atoms. The van der Waals surface area contributed by atoms with Crippen molar-refractivity contribution < 1.29 is 28.6 Å². The van der Waals surface area contributed by atoms with E-state index in [2.05, 4.69) is 27.7 Å². The number of esters is 3. The number of carbonyl (C=O) groups excluding carboxylic acids is 3. The molecule has 0 fully saturated rings. The minimum absolute atomic E-state index is 0.0649. The molecule has 0 heterocycles. The van der Waals surface area contributed by atoms with Crippen molar-refractivity contribution >= 4 is 17.9 Å². The molecule has 6 nitrogen and oxygen atoms in total. The largest absolute Gasteiger partial charge is 0.462 e. The molecule has 1 atom stereocenters. The second-order valence-corrected chi connectivity index (χ2v) is 16.5. The molecule has 0 N–H and O–H groups in total. The lowest BCUT2D eigenvalue weighted by Crippen LogP contribution is -2.30. The molecular formula is C47H90O6. The molecule has 0 aliphatic carbocycles. The first-order valence-corrected chi connectivity index (χ1v) is 23.4. The lowest BCUT2D eigenvalue weighted by atomic mass is 10.0. The fourth-order valence-corrected chi connectivity index (χ4v) is 6.98. The topological polar surface area (TPSA) is 78.9 Å². The molecule has 314 valence electrons. The standard InChI is InChI=1S/C47H90O6/c1-5-7-9-11-12-13-14-15-16-17-18-19-20-21-24-27-31-35-39-46(49)52-42-44(41-51-45(48)38-34-29-10-8-6-2)53-47(50)40-36-32-28-25-22-23-26-30-33-37-43(3)4/h43-44H,5-42H2,1-4H3/t44-/m1/s1. The van der Waals surface area contributed by atoms with Gasteiger partial charge in [-0.25, -0.2) is 0 Å². The van der Waals surface area contributed by atoms with E-state index in [1.54, 1.807) is 0 Å². The highest BCUT2D eigenvalue weighted by atomic mass is 16.6. The van der Waals surface area contributed by atoms with E-state index in [0.717, 1.165) is 70.1 Å². The average molecular weight is 751 g/mol. The van der Waals surface area contributed by atoms with E-state index in [0.29, 0.717) is 19.3 Å². The zero-order valence-electron chi connectivity index (χ0n) is 36.0. The third kappa shape index (κ3) is 41.4. The van der Waals surface area contributed by atoms with Crippen LogP contribution in [0.4, 0.5) is 0 Å². The molecule has 0 spiro atoms. The van der Waals surface area contributed by atoms with Crippen molar-refractivity contribution in [1.29, 1.82) is 0 Å². The highest BCUT2D eigenvalue weighted by Gasteiger charge is 2.19. The van der Waals surface area contributed by atoms with Crippen LogP contribution in [0.1, 0.15) is 259 Å². The summed E-state index contributed by atoms with van der Waals surface area (Å²) in [4.78, 5) is 37.5. The molecule has 0 saturated carbocycles. The van der Waals surface area contributed by atoms with Crippen molar-refractivity contribution in [3.63, 3.8) is 0 Å². The number of carbonyl (C=O) groups is 3. The van der Waals surface area contributed by atoms with Gasteiger partial charge in [0.25, 0.3) is 0 Å². The van der Waals surface area contributed by atoms with Gasteiger partial charge in [-0.2, -0.15) is 0 Å². The van der Waals surface area contributed by atoms with E-state index in [4.69, 9.17) is 14.2 Å². The Labute approximate surface area is 329 Å². The molecule has 6 heteroatoms. The van der Waals surface area contributed by atoms with E-state index < -0.39 is 6.10 Å². The lowest BCUT2D eigenvalue weighted by molar-refractivity contribution is -0.167. The Morgan fingerprint density at radius 1 is 0.358 bits per heavy atom. The van der Waals surface area contributed by atoms with Gasteiger partial charge in [0.1, 0.15) is 13.2 Å². The summed E-state index contributed by atoms with van der Waals surface area (Å²) in [6, 6.07) is 0. The van der Waals surface area contributed by atoms with Gasteiger partial charge >= 0.3 is 17.9 Å².